The zero-order valence-electron chi connectivity index (χ0n) is 19.1. The molecule has 0 aliphatic rings. The van der Waals surface area contributed by atoms with Crippen LogP contribution in [0.25, 0.3) is 33.5 Å². The molecule has 3 aromatic heterocycles. The molecule has 178 valence electrons. The first-order valence-corrected chi connectivity index (χ1v) is 12.5. The lowest BCUT2D eigenvalue weighted by molar-refractivity contribution is 0.0692. The van der Waals surface area contributed by atoms with Gasteiger partial charge in [0.05, 0.1) is 16.7 Å². The lowest BCUT2D eigenvalue weighted by atomic mass is 10.0. The molecule has 0 saturated heterocycles. The van der Waals surface area contributed by atoms with Gasteiger partial charge in [0, 0.05) is 21.8 Å². The van der Waals surface area contributed by atoms with E-state index in [4.69, 9.17) is 14.4 Å². The number of aryl methyl sites for hydroxylation is 3. The number of pyridine rings is 1. The summed E-state index contributed by atoms with van der Waals surface area (Å²) in [5, 5.41) is 10.3. The second-order valence-electron chi connectivity index (χ2n) is 8.32. The highest BCUT2D eigenvalue weighted by Crippen LogP contribution is 2.40. The lowest BCUT2D eigenvalue weighted by Gasteiger charge is -2.09. The molecule has 0 aliphatic carbocycles. The molecular weight excluding hydrogens is 581 g/mol. The molecule has 0 atom stereocenters. The van der Waals surface area contributed by atoms with Crippen LogP contribution < -0.4 is 0 Å². The number of hydrogen-bond acceptors (Lipinski definition) is 4. The van der Waals surface area contributed by atoms with Crippen LogP contribution in [0, 0.1) is 19.7 Å². The van der Waals surface area contributed by atoms with Gasteiger partial charge in [-0.2, -0.15) is 0 Å². The molecule has 0 spiro atoms. The minimum Gasteiger partial charge on any atom is -0.478 e. The average molecular weight is 601 g/mol. The van der Waals surface area contributed by atoms with E-state index in [9.17, 15) is 14.3 Å². The van der Waals surface area contributed by atoms with Crippen LogP contribution in [0.3, 0.4) is 0 Å². The summed E-state index contributed by atoms with van der Waals surface area (Å²) in [5.74, 6) is -0.957. The molecule has 0 amide bonds. The fourth-order valence-electron chi connectivity index (χ4n) is 4.37. The van der Waals surface area contributed by atoms with Crippen LogP contribution in [-0.2, 0) is 13.0 Å². The number of furan rings is 1. The third-order valence-corrected chi connectivity index (χ3v) is 8.07. The summed E-state index contributed by atoms with van der Waals surface area (Å²) in [4.78, 5) is 21.3. The maximum absolute atomic E-state index is 14.3. The van der Waals surface area contributed by atoms with Crippen LogP contribution >= 0.6 is 31.9 Å². The first-order chi connectivity index (χ1) is 16.7. The molecule has 0 radical (unpaired) electrons. The highest BCUT2D eigenvalue weighted by Gasteiger charge is 2.23. The minimum atomic E-state index is -1.35. The number of aromatic nitrogens is 3. The topological polar surface area (TPSA) is 81.2 Å². The summed E-state index contributed by atoms with van der Waals surface area (Å²) in [7, 11) is 0. The van der Waals surface area contributed by atoms with E-state index in [1.807, 2.05) is 32.0 Å². The van der Waals surface area contributed by atoms with Crippen molar-refractivity contribution in [3.05, 3.63) is 79.4 Å². The second kappa shape index (κ2) is 8.87. The standard InChI is InChI=1S/C26H20Br2FN3O3/c1-4-19-31-23-12(2)21(27)13(3)30-25(23)32(19)11-14-8-9-18-16(10-14)22(28)24(35-18)15-6-5-7-17(29)20(15)26(33)34/h5-10H,4,11H2,1-3H3,(H,33,34). The number of imidazole rings is 1. The smallest absolute Gasteiger partial charge is 0.339 e. The molecule has 0 bridgehead atoms. The number of rotatable bonds is 5. The molecule has 5 aromatic rings. The van der Waals surface area contributed by atoms with E-state index >= 15 is 0 Å². The third-order valence-electron chi connectivity index (χ3n) is 6.12. The van der Waals surface area contributed by atoms with Gasteiger partial charge < -0.3 is 14.1 Å². The van der Waals surface area contributed by atoms with Gasteiger partial charge in [0.15, 0.2) is 11.4 Å². The van der Waals surface area contributed by atoms with E-state index in [0.717, 1.165) is 56.2 Å². The van der Waals surface area contributed by atoms with Gasteiger partial charge in [-0.05, 0) is 75.0 Å². The second-order valence-corrected chi connectivity index (χ2v) is 9.91. The van der Waals surface area contributed by atoms with E-state index in [1.165, 1.54) is 12.1 Å². The Morgan fingerprint density at radius 1 is 1.14 bits per heavy atom. The Labute approximate surface area is 217 Å². The molecule has 5 rings (SSSR count). The molecule has 0 unspecified atom stereocenters. The van der Waals surface area contributed by atoms with Crippen LogP contribution in [-0.4, -0.2) is 25.6 Å². The predicted molar refractivity (Wildman–Crippen MR) is 139 cm³/mol. The summed E-state index contributed by atoms with van der Waals surface area (Å²) in [6, 6.07) is 9.90. The molecular formula is C26H20Br2FN3O3. The van der Waals surface area contributed by atoms with Crippen molar-refractivity contribution >= 4 is 60.0 Å². The van der Waals surface area contributed by atoms with Crippen LogP contribution in [0.4, 0.5) is 4.39 Å². The van der Waals surface area contributed by atoms with Gasteiger partial charge in [-0.1, -0.05) is 25.1 Å². The quantitative estimate of drug-likeness (QED) is 0.227. The summed E-state index contributed by atoms with van der Waals surface area (Å²) in [5.41, 5.74) is 4.99. The minimum absolute atomic E-state index is 0.178. The van der Waals surface area contributed by atoms with Crippen LogP contribution in [0.15, 0.2) is 49.8 Å². The SMILES string of the molecule is CCc1nc2c(C)c(Br)c(C)nc2n1Cc1ccc2oc(-c3cccc(F)c3C(=O)O)c(Br)c2c1. The van der Waals surface area contributed by atoms with Gasteiger partial charge in [0.2, 0.25) is 0 Å². The Hall–Kier alpha value is -3.04. The molecule has 35 heavy (non-hydrogen) atoms. The molecule has 0 saturated carbocycles. The van der Waals surface area contributed by atoms with E-state index in [0.29, 0.717) is 16.6 Å². The Bertz CT molecular complexity index is 1660. The van der Waals surface area contributed by atoms with Crippen molar-refractivity contribution in [2.75, 3.05) is 0 Å². The number of halogens is 3. The maximum Gasteiger partial charge on any atom is 0.339 e. The molecule has 2 aromatic carbocycles. The third kappa shape index (κ3) is 3.87. The lowest BCUT2D eigenvalue weighted by Crippen LogP contribution is -2.05. The molecule has 0 aliphatic heterocycles. The fourth-order valence-corrected chi connectivity index (χ4v) is 5.25. The fraction of sp³-hybridized carbons (Fsp3) is 0.192. The molecule has 0 fully saturated rings. The zero-order chi connectivity index (χ0) is 25.0. The summed E-state index contributed by atoms with van der Waals surface area (Å²) in [6.45, 7) is 6.62. The van der Waals surface area contributed by atoms with Gasteiger partial charge in [-0.25, -0.2) is 19.2 Å². The van der Waals surface area contributed by atoms with Crippen LogP contribution in [0.5, 0.6) is 0 Å². The van der Waals surface area contributed by atoms with Crippen molar-refractivity contribution < 1.29 is 18.7 Å². The van der Waals surface area contributed by atoms with Crippen molar-refractivity contribution in [3.8, 4) is 11.3 Å². The van der Waals surface area contributed by atoms with Crippen LogP contribution in [0.2, 0.25) is 0 Å². The molecule has 6 nitrogen and oxygen atoms in total. The molecule has 1 N–H and O–H groups in total. The first-order valence-electron chi connectivity index (χ1n) is 11.0. The number of carboxylic acids is 1. The van der Waals surface area contributed by atoms with Crippen molar-refractivity contribution in [2.45, 2.75) is 33.7 Å². The van der Waals surface area contributed by atoms with Gasteiger partial charge in [0.25, 0.3) is 0 Å². The number of carbonyl (C=O) groups is 1. The van der Waals surface area contributed by atoms with Crippen molar-refractivity contribution in [1.82, 2.24) is 14.5 Å². The number of carboxylic acid groups (broad SMARTS) is 1. The van der Waals surface area contributed by atoms with Crippen molar-refractivity contribution in [1.29, 1.82) is 0 Å². The maximum atomic E-state index is 14.3. The number of aromatic carboxylic acids is 1. The predicted octanol–water partition coefficient (Wildman–Crippen LogP) is 7.43. The largest absolute Gasteiger partial charge is 0.478 e. The van der Waals surface area contributed by atoms with Crippen LogP contribution in [0.1, 0.15) is 39.9 Å². The van der Waals surface area contributed by atoms with Crippen molar-refractivity contribution in [3.63, 3.8) is 0 Å². The first kappa shape index (κ1) is 23.7. The summed E-state index contributed by atoms with van der Waals surface area (Å²) >= 11 is 7.17. The van der Waals surface area contributed by atoms with Crippen molar-refractivity contribution in [2.24, 2.45) is 0 Å². The zero-order valence-corrected chi connectivity index (χ0v) is 22.3. The van der Waals surface area contributed by atoms with E-state index in [-0.39, 0.29) is 11.3 Å². The molecule has 9 heteroatoms. The highest BCUT2D eigenvalue weighted by atomic mass is 79.9. The number of hydrogen-bond donors (Lipinski definition) is 1. The normalized spacial score (nSPS) is 11.6. The van der Waals surface area contributed by atoms with Gasteiger partial charge in [-0.3, -0.25) is 0 Å². The van der Waals surface area contributed by atoms with E-state index in [1.54, 1.807) is 0 Å². The number of benzene rings is 2. The summed E-state index contributed by atoms with van der Waals surface area (Å²) in [6.07, 6.45) is 0.756. The Balaban J connectivity index is 1.63. The number of nitrogens with zero attached hydrogens (tertiary/aromatic N) is 3. The Morgan fingerprint density at radius 2 is 1.91 bits per heavy atom. The van der Waals surface area contributed by atoms with Gasteiger partial charge >= 0.3 is 5.97 Å². The molecule has 3 heterocycles. The highest BCUT2D eigenvalue weighted by molar-refractivity contribution is 9.11. The van der Waals surface area contributed by atoms with Gasteiger partial charge in [-0.15, -0.1) is 0 Å². The monoisotopic (exact) mass is 599 g/mol. The Kier molecular flexibility index (Phi) is 6.01. The summed E-state index contributed by atoms with van der Waals surface area (Å²) < 4.78 is 23.9. The number of fused-ring (bicyclic) bond motifs is 2. The average Bonchev–Trinajstić information content (AvgIpc) is 3.34. The van der Waals surface area contributed by atoms with E-state index in [2.05, 4.69) is 43.4 Å². The van der Waals surface area contributed by atoms with E-state index < -0.39 is 17.3 Å². The van der Waals surface area contributed by atoms with Gasteiger partial charge in [0.1, 0.15) is 28.3 Å². The Morgan fingerprint density at radius 3 is 2.63 bits per heavy atom.